The zero-order chi connectivity index (χ0) is 17.6. The number of benzene rings is 2. The SMILES string of the molecule is COC(=O)c1ccc(NC(=O)CSC2=Nc3ccccc3CS2)cc1. The van der Waals surface area contributed by atoms with Crippen LogP contribution in [0.5, 0.6) is 0 Å². The molecule has 25 heavy (non-hydrogen) atoms. The molecule has 0 bridgehead atoms. The second-order valence-corrected chi connectivity index (χ2v) is 7.39. The van der Waals surface area contributed by atoms with Crippen LogP contribution in [0.4, 0.5) is 11.4 Å². The normalized spacial score (nSPS) is 12.8. The zero-order valence-corrected chi connectivity index (χ0v) is 15.2. The molecule has 1 heterocycles. The summed E-state index contributed by atoms with van der Waals surface area (Å²) in [6.45, 7) is 0. The summed E-state index contributed by atoms with van der Waals surface area (Å²) >= 11 is 3.07. The molecular weight excluding hydrogens is 356 g/mol. The summed E-state index contributed by atoms with van der Waals surface area (Å²) in [7, 11) is 1.33. The lowest BCUT2D eigenvalue weighted by Crippen LogP contribution is -2.15. The van der Waals surface area contributed by atoms with Crippen LogP contribution >= 0.6 is 23.5 Å². The molecule has 1 aliphatic rings. The van der Waals surface area contributed by atoms with Crippen molar-refractivity contribution in [3.63, 3.8) is 0 Å². The largest absolute Gasteiger partial charge is 0.465 e. The molecule has 0 aliphatic carbocycles. The van der Waals surface area contributed by atoms with Crippen LogP contribution in [0.25, 0.3) is 0 Å². The second-order valence-electron chi connectivity index (χ2n) is 5.20. The van der Waals surface area contributed by atoms with Gasteiger partial charge in [0.15, 0.2) is 0 Å². The van der Waals surface area contributed by atoms with E-state index in [1.54, 1.807) is 36.0 Å². The summed E-state index contributed by atoms with van der Waals surface area (Å²) in [5.41, 5.74) is 3.28. The molecule has 7 heteroatoms. The lowest BCUT2D eigenvalue weighted by Gasteiger charge is -2.14. The molecule has 1 N–H and O–H groups in total. The highest BCUT2D eigenvalue weighted by Gasteiger charge is 2.14. The molecular formula is C18H16N2O3S2. The molecule has 0 radical (unpaired) electrons. The van der Waals surface area contributed by atoms with Gasteiger partial charge in [0.05, 0.1) is 24.1 Å². The van der Waals surface area contributed by atoms with Crippen molar-refractivity contribution >= 4 is 51.2 Å². The number of carbonyl (C=O) groups is 2. The molecule has 3 rings (SSSR count). The molecule has 0 aromatic heterocycles. The molecule has 2 aromatic rings. The van der Waals surface area contributed by atoms with E-state index in [9.17, 15) is 9.59 Å². The standard InChI is InChI=1S/C18H16N2O3S2/c1-23-17(22)12-6-8-14(9-7-12)19-16(21)11-25-18-20-15-5-3-2-4-13(15)10-24-18/h2-9H,10-11H2,1H3,(H,19,21). The first kappa shape index (κ1) is 17.6. The van der Waals surface area contributed by atoms with Gasteiger partial charge in [-0.15, -0.1) is 0 Å². The number of nitrogens with one attached hydrogen (secondary N) is 1. The summed E-state index contributed by atoms with van der Waals surface area (Å²) in [6.07, 6.45) is 0. The summed E-state index contributed by atoms with van der Waals surface area (Å²) in [4.78, 5) is 28.0. The van der Waals surface area contributed by atoms with Crippen molar-refractivity contribution in [2.24, 2.45) is 4.99 Å². The van der Waals surface area contributed by atoms with Crippen molar-refractivity contribution in [1.29, 1.82) is 0 Å². The number of thioether (sulfide) groups is 2. The quantitative estimate of drug-likeness (QED) is 0.819. The van der Waals surface area contributed by atoms with Crippen LogP contribution in [-0.2, 0) is 15.3 Å². The molecule has 0 atom stereocenters. The lowest BCUT2D eigenvalue weighted by atomic mass is 10.2. The van der Waals surface area contributed by atoms with Gasteiger partial charge in [-0.05, 0) is 35.9 Å². The number of anilines is 1. The maximum absolute atomic E-state index is 12.1. The fourth-order valence-electron chi connectivity index (χ4n) is 2.22. The number of nitrogens with zero attached hydrogens (tertiary/aromatic N) is 1. The average molecular weight is 372 g/mol. The highest BCUT2D eigenvalue weighted by molar-refractivity contribution is 8.38. The maximum atomic E-state index is 12.1. The third-order valence-corrected chi connectivity index (χ3v) is 5.72. The first-order valence-electron chi connectivity index (χ1n) is 7.56. The monoisotopic (exact) mass is 372 g/mol. The Morgan fingerprint density at radius 2 is 1.96 bits per heavy atom. The highest BCUT2D eigenvalue weighted by Crippen LogP contribution is 2.34. The summed E-state index contributed by atoms with van der Waals surface area (Å²) in [6, 6.07) is 14.6. The van der Waals surface area contributed by atoms with E-state index in [0.717, 1.165) is 15.8 Å². The number of aliphatic imine (C=N–C) groups is 1. The Morgan fingerprint density at radius 3 is 2.72 bits per heavy atom. The first-order valence-corrected chi connectivity index (χ1v) is 9.53. The zero-order valence-electron chi connectivity index (χ0n) is 13.5. The Kier molecular flexibility index (Phi) is 5.78. The molecule has 5 nitrogen and oxygen atoms in total. The lowest BCUT2D eigenvalue weighted by molar-refractivity contribution is -0.113. The number of carbonyl (C=O) groups excluding carboxylic acids is 2. The molecule has 1 aliphatic heterocycles. The van der Waals surface area contributed by atoms with Crippen molar-refractivity contribution in [3.8, 4) is 0 Å². The molecule has 2 aromatic carbocycles. The van der Waals surface area contributed by atoms with Gasteiger partial charge in [0.1, 0.15) is 4.38 Å². The fraction of sp³-hybridized carbons (Fsp3) is 0.167. The summed E-state index contributed by atoms with van der Waals surface area (Å²) in [5, 5.41) is 2.81. The fourth-order valence-corrected chi connectivity index (χ4v) is 4.08. The molecule has 0 unspecified atom stereocenters. The van der Waals surface area contributed by atoms with Gasteiger partial charge >= 0.3 is 5.97 Å². The number of rotatable bonds is 4. The minimum Gasteiger partial charge on any atom is -0.465 e. The number of amides is 1. The van der Waals surface area contributed by atoms with Crippen LogP contribution < -0.4 is 5.32 Å². The van der Waals surface area contributed by atoms with Crippen LogP contribution in [0.2, 0.25) is 0 Å². The number of fused-ring (bicyclic) bond motifs is 1. The Balaban J connectivity index is 1.53. The molecule has 0 fully saturated rings. The molecule has 0 saturated carbocycles. The average Bonchev–Trinajstić information content (AvgIpc) is 2.66. The van der Waals surface area contributed by atoms with Crippen LogP contribution in [0.15, 0.2) is 53.5 Å². The van der Waals surface area contributed by atoms with Gasteiger partial charge in [-0.2, -0.15) is 0 Å². The van der Waals surface area contributed by atoms with Crippen molar-refractivity contribution in [2.75, 3.05) is 18.2 Å². The van der Waals surface area contributed by atoms with Crippen LogP contribution in [0.3, 0.4) is 0 Å². The third kappa shape index (κ3) is 4.64. The van der Waals surface area contributed by atoms with Gasteiger partial charge in [0.2, 0.25) is 5.91 Å². The van der Waals surface area contributed by atoms with Crippen molar-refractivity contribution in [3.05, 3.63) is 59.7 Å². The minimum absolute atomic E-state index is 0.113. The third-order valence-electron chi connectivity index (χ3n) is 3.47. The number of hydrogen-bond acceptors (Lipinski definition) is 6. The number of esters is 1. The topological polar surface area (TPSA) is 67.8 Å². The van der Waals surface area contributed by atoms with Crippen molar-refractivity contribution in [1.82, 2.24) is 0 Å². The van der Waals surface area contributed by atoms with E-state index in [4.69, 9.17) is 0 Å². The molecule has 0 spiro atoms. The minimum atomic E-state index is -0.402. The van der Waals surface area contributed by atoms with E-state index >= 15 is 0 Å². The van der Waals surface area contributed by atoms with Crippen LogP contribution in [-0.4, -0.2) is 29.1 Å². The van der Waals surface area contributed by atoms with Gasteiger partial charge in [-0.1, -0.05) is 41.7 Å². The van der Waals surface area contributed by atoms with Crippen LogP contribution in [0, 0.1) is 0 Å². The van der Waals surface area contributed by atoms with Gasteiger partial charge in [0.25, 0.3) is 0 Å². The Bertz CT molecular complexity index is 819. The number of hydrogen-bond donors (Lipinski definition) is 1. The van der Waals surface area contributed by atoms with E-state index in [1.807, 2.05) is 18.2 Å². The van der Waals surface area contributed by atoms with Gasteiger partial charge in [-0.3, -0.25) is 4.79 Å². The van der Waals surface area contributed by atoms with Gasteiger partial charge < -0.3 is 10.1 Å². The van der Waals surface area contributed by atoms with E-state index in [2.05, 4.69) is 21.1 Å². The van der Waals surface area contributed by atoms with Crippen molar-refractivity contribution < 1.29 is 14.3 Å². The summed E-state index contributed by atoms with van der Waals surface area (Å²) < 4.78 is 5.54. The summed E-state index contributed by atoms with van der Waals surface area (Å²) in [5.74, 6) is 0.643. The predicted molar refractivity (Wildman–Crippen MR) is 104 cm³/mol. The number of para-hydroxylation sites is 1. The van der Waals surface area contributed by atoms with E-state index in [-0.39, 0.29) is 11.7 Å². The highest BCUT2D eigenvalue weighted by atomic mass is 32.2. The first-order chi connectivity index (χ1) is 12.2. The van der Waals surface area contributed by atoms with E-state index in [0.29, 0.717) is 11.3 Å². The van der Waals surface area contributed by atoms with Crippen LogP contribution in [0.1, 0.15) is 15.9 Å². The Hall–Kier alpha value is -2.25. The van der Waals surface area contributed by atoms with Crippen molar-refractivity contribution in [2.45, 2.75) is 5.75 Å². The number of methoxy groups -OCH3 is 1. The van der Waals surface area contributed by atoms with Gasteiger partial charge in [0, 0.05) is 11.4 Å². The van der Waals surface area contributed by atoms with E-state index in [1.165, 1.54) is 24.4 Å². The second kappa shape index (κ2) is 8.22. The molecule has 128 valence electrons. The van der Waals surface area contributed by atoms with E-state index < -0.39 is 5.97 Å². The van der Waals surface area contributed by atoms with Gasteiger partial charge in [-0.25, -0.2) is 9.79 Å². The maximum Gasteiger partial charge on any atom is 0.337 e. The smallest absolute Gasteiger partial charge is 0.337 e. The Labute approximate surface area is 154 Å². The Morgan fingerprint density at radius 1 is 1.20 bits per heavy atom. The molecule has 1 amide bonds. The predicted octanol–water partition coefficient (Wildman–Crippen LogP) is 4.08. The number of ether oxygens (including phenoxy) is 1. The molecule has 0 saturated heterocycles.